The second kappa shape index (κ2) is 4.97. The van der Waals surface area contributed by atoms with Gasteiger partial charge in [0.2, 0.25) is 0 Å². The van der Waals surface area contributed by atoms with Gasteiger partial charge in [-0.2, -0.15) is 5.10 Å². The minimum atomic E-state index is -0.288. The summed E-state index contributed by atoms with van der Waals surface area (Å²) < 4.78 is 13.1. The smallest absolute Gasteiger partial charge is 0.168 e. The van der Waals surface area contributed by atoms with Gasteiger partial charge in [0.25, 0.3) is 0 Å². The summed E-state index contributed by atoms with van der Waals surface area (Å²) in [4.78, 5) is 4.35. The van der Waals surface area contributed by atoms with E-state index in [0.717, 1.165) is 0 Å². The summed E-state index contributed by atoms with van der Waals surface area (Å²) in [6.07, 6.45) is 1.53. The molecule has 1 aromatic carbocycles. The molecule has 0 saturated carbocycles. The second-order valence-corrected chi connectivity index (χ2v) is 3.72. The maximum atomic E-state index is 13.1. The highest BCUT2D eigenvalue weighted by molar-refractivity contribution is 5.57. The molecule has 0 bridgehead atoms. The third kappa shape index (κ3) is 2.62. The fourth-order valence-corrected chi connectivity index (χ4v) is 1.42. The van der Waals surface area contributed by atoms with Crippen molar-refractivity contribution in [3.63, 3.8) is 0 Å². The minimum absolute atomic E-state index is 0.0102. The van der Waals surface area contributed by atoms with Gasteiger partial charge in [-0.1, -0.05) is 12.1 Å². The lowest BCUT2D eigenvalue weighted by atomic mass is 10.1. The van der Waals surface area contributed by atoms with Crippen LogP contribution in [-0.4, -0.2) is 22.2 Å². The van der Waals surface area contributed by atoms with Gasteiger partial charge in [0, 0.05) is 5.56 Å². The summed E-state index contributed by atoms with van der Waals surface area (Å²) in [5.41, 5.74) is 1.32. The van der Waals surface area contributed by atoms with Crippen LogP contribution >= 0.6 is 0 Å². The second-order valence-electron chi connectivity index (χ2n) is 3.72. The van der Waals surface area contributed by atoms with E-state index in [1.807, 2.05) is 14.0 Å². The highest BCUT2D eigenvalue weighted by atomic mass is 19.1. The fourth-order valence-electron chi connectivity index (χ4n) is 1.42. The predicted molar refractivity (Wildman–Crippen MR) is 62.7 cm³/mol. The standard InChI is InChI=1S/C12H13FN4/c1-8(14-2)12-16-11(7-15-17-12)9-4-3-5-10(13)6-9/h3-8,14H,1-2H3. The Hall–Kier alpha value is -1.88. The molecule has 2 rings (SSSR count). The normalized spacial score (nSPS) is 12.4. The Kier molecular flexibility index (Phi) is 3.39. The van der Waals surface area contributed by atoms with E-state index in [0.29, 0.717) is 17.1 Å². The Morgan fingerprint density at radius 3 is 2.88 bits per heavy atom. The number of benzene rings is 1. The van der Waals surface area contributed by atoms with Crippen LogP contribution in [0.2, 0.25) is 0 Å². The van der Waals surface area contributed by atoms with Gasteiger partial charge in [-0.3, -0.25) is 0 Å². The van der Waals surface area contributed by atoms with Gasteiger partial charge in [-0.15, -0.1) is 5.10 Å². The SMILES string of the molecule is CNC(C)c1nncc(-c2cccc(F)c2)n1. The predicted octanol–water partition coefficient (Wildman–Crippen LogP) is 1.96. The first-order valence-corrected chi connectivity index (χ1v) is 5.33. The molecule has 0 aliphatic heterocycles. The zero-order valence-electron chi connectivity index (χ0n) is 9.68. The molecule has 0 spiro atoms. The van der Waals surface area contributed by atoms with E-state index in [1.54, 1.807) is 12.1 Å². The van der Waals surface area contributed by atoms with E-state index >= 15 is 0 Å². The van der Waals surface area contributed by atoms with Gasteiger partial charge < -0.3 is 5.32 Å². The number of aromatic nitrogens is 3. The molecule has 1 aromatic heterocycles. The lowest BCUT2D eigenvalue weighted by molar-refractivity contribution is 0.597. The van der Waals surface area contributed by atoms with Crippen molar-refractivity contribution in [1.29, 1.82) is 0 Å². The van der Waals surface area contributed by atoms with E-state index in [2.05, 4.69) is 20.5 Å². The average molecular weight is 232 g/mol. The molecule has 88 valence electrons. The highest BCUT2D eigenvalue weighted by Gasteiger charge is 2.09. The molecule has 2 aromatic rings. The van der Waals surface area contributed by atoms with Crippen LogP contribution in [-0.2, 0) is 0 Å². The average Bonchev–Trinajstić information content (AvgIpc) is 2.38. The molecule has 0 amide bonds. The van der Waals surface area contributed by atoms with Crippen LogP contribution in [0.4, 0.5) is 4.39 Å². The molecule has 4 nitrogen and oxygen atoms in total. The molecule has 17 heavy (non-hydrogen) atoms. The van der Waals surface area contributed by atoms with Crippen LogP contribution in [0.1, 0.15) is 18.8 Å². The lowest BCUT2D eigenvalue weighted by Crippen LogP contribution is -2.16. The topological polar surface area (TPSA) is 50.7 Å². The highest BCUT2D eigenvalue weighted by Crippen LogP contribution is 2.17. The van der Waals surface area contributed by atoms with Gasteiger partial charge in [-0.05, 0) is 26.1 Å². The molecule has 0 aliphatic carbocycles. The zero-order valence-corrected chi connectivity index (χ0v) is 9.68. The number of nitrogens with zero attached hydrogens (tertiary/aromatic N) is 3. The Morgan fingerprint density at radius 1 is 1.35 bits per heavy atom. The monoisotopic (exact) mass is 232 g/mol. The van der Waals surface area contributed by atoms with Gasteiger partial charge in [0.1, 0.15) is 5.82 Å². The molecule has 0 saturated heterocycles. The number of hydrogen-bond donors (Lipinski definition) is 1. The number of hydrogen-bond acceptors (Lipinski definition) is 4. The van der Waals surface area contributed by atoms with Crippen LogP contribution < -0.4 is 5.32 Å². The first-order chi connectivity index (χ1) is 8.20. The Morgan fingerprint density at radius 2 is 2.18 bits per heavy atom. The van der Waals surface area contributed by atoms with Gasteiger partial charge in [-0.25, -0.2) is 9.37 Å². The molecule has 1 atom stereocenters. The van der Waals surface area contributed by atoms with E-state index < -0.39 is 0 Å². The van der Waals surface area contributed by atoms with Crippen LogP contribution in [0.5, 0.6) is 0 Å². The molecule has 0 radical (unpaired) electrons. The van der Waals surface area contributed by atoms with E-state index in [1.165, 1.54) is 18.3 Å². The third-order valence-electron chi connectivity index (χ3n) is 2.52. The summed E-state index contributed by atoms with van der Waals surface area (Å²) in [6.45, 7) is 1.94. The molecule has 0 aliphatic rings. The Balaban J connectivity index is 2.39. The minimum Gasteiger partial charge on any atom is -0.311 e. The fraction of sp³-hybridized carbons (Fsp3) is 0.250. The van der Waals surface area contributed by atoms with Gasteiger partial charge in [0.05, 0.1) is 17.9 Å². The summed E-state index contributed by atoms with van der Waals surface area (Å²) in [5.74, 6) is 0.304. The molecule has 0 fully saturated rings. The summed E-state index contributed by atoms with van der Waals surface area (Å²) in [7, 11) is 1.82. The number of nitrogens with one attached hydrogen (secondary N) is 1. The van der Waals surface area contributed by atoms with Crippen LogP contribution in [0.25, 0.3) is 11.3 Å². The third-order valence-corrected chi connectivity index (χ3v) is 2.52. The first kappa shape index (κ1) is 11.6. The summed E-state index contributed by atoms with van der Waals surface area (Å²) in [5, 5.41) is 10.9. The van der Waals surface area contributed by atoms with Crippen molar-refractivity contribution in [1.82, 2.24) is 20.5 Å². The summed E-state index contributed by atoms with van der Waals surface area (Å²) in [6, 6.07) is 6.28. The van der Waals surface area contributed by atoms with Crippen molar-refractivity contribution < 1.29 is 4.39 Å². The number of halogens is 1. The lowest BCUT2D eigenvalue weighted by Gasteiger charge is -2.08. The van der Waals surface area contributed by atoms with E-state index in [4.69, 9.17) is 0 Å². The molecule has 1 unspecified atom stereocenters. The summed E-state index contributed by atoms with van der Waals surface area (Å²) >= 11 is 0. The van der Waals surface area contributed by atoms with Crippen molar-refractivity contribution in [3.05, 3.63) is 42.1 Å². The van der Waals surface area contributed by atoms with Crippen LogP contribution in [0.3, 0.4) is 0 Å². The van der Waals surface area contributed by atoms with Gasteiger partial charge in [0.15, 0.2) is 5.82 Å². The molecule has 1 N–H and O–H groups in total. The number of rotatable bonds is 3. The molecular weight excluding hydrogens is 219 g/mol. The molecular formula is C12H13FN4. The Bertz CT molecular complexity index is 515. The quantitative estimate of drug-likeness (QED) is 0.878. The maximum Gasteiger partial charge on any atom is 0.168 e. The molecule has 5 heteroatoms. The van der Waals surface area contributed by atoms with Crippen LogP contribution in [0, 0.1) is 5.82 Å². The Labute approximate surface area is 98.9 Å². The maximum absolute atomic E-state index is 13.1. The van der Waals surface area contributed by atoms with Crippen molar-refractivity contribution in [2.24, 2.45) is 0 Å². The van der Waals surface area contributed by atoms with Crippen molar-refractivity contribution in [2.75, 3.05) is 7.05 Å². The first-order valence-electron chi connectivity index (χ1n) is 5.33. The largest absolute Gasteiger partial charge is 0.311 e. The molecule has 1 heterocycles. The van der Waals surface area contributed by atoms with Crippen molar-refractivity contribution in [2.45, 2.75) is 13.0 Å². The van der Waals surface area contributed by atoms with Crippen molar-refractivity contribution >= 4 is 0 Å². The zero-order chi connectivity index (χ0) is 12.3. The van der Waals surface area contributed by atoms with E-state index in [9.17, 15) is 4.39 Å². The van der Waals surface area contributed by atoms with Crippen molar-refractivity contribution in [3.8, 4) is 11.3 Å². The van der Waals surface area contributed by atoms with Crippen LogP contribution in [0.15, 0.2) is 30.5 Å². The van der Waals surface area contributed by atoms with E-state index in [-0.39, 0.29) is 11.9 Å². The van der Waals surface area contributed by atoms with Gasteiger partial charge >= 0.3 is 0 Å².